The molecule has 0 unspecified atom stereocenters. The van der Waals surface area contributed by atoms with E-state index in [1.54, 1.807) is 36.4 Å². The van der Waals surface area contributed by atoms with E-state index in [2.05, 4.69) is 15.6 Å². The van der Waals surface area contributed by atoms with Crippen LogP contribution in [0.25, 0.3) is 10.9 Å². The molecule has 0 bridgehead atoms. The first-order chi connectivity index (χ1) is 15.7. The minimum absolute atomic E-state index is 0.0859. The van der Waals surface area contributed by atoms with Crippen LogP contribution < -0.4 is 10.6 Å². The van der Waals surface area contributed by atoms with Gasteiger partial charge in [0.15, 0.2) is 0 Å². The number of halogens is 3. The Labute approximate surface area is 189 Å². The number of pyridine rings is 1. The predicted molar refractivity (Wildman–Crippen MR) is 120 cm³/mol. The molecular weight excluding hydrogens is 429 g/mol. The summed E-state index contributed by atoms with van der Waals surface area (Å²) in [5, 5.41) is 15.9. The molecule has 1 aliphatic carbocycles. The molecule has 170 valence electrons. The smallest absolute Gasteiger partial charge is 0.382 e. The maximum absolute atomic E-state index is 13.4. The molecule has 0 spiro atoms. The van der Waals surface area contributed by atoms with E-state index in [0.717, 1.165) is 30.9 Å². The Hall–Kier alpha value is -3.60. The summed E-state index contributed by atoms with van der Waals surface area (Å²) in [5.41, 5.74) is 1.65. The first kappa shape index (κ1) is 22.6. The summed E-state index contributed by atoms with van der Waals surface area (Å²) < 4.78 is 40.2. The summed E-state index contributed by atoms with van der Waals surface area (Å²) >= 11 is 0. The highest BCUT2D eigenvalue weighted by molar-refractivity contribution is 5.94. The highest BCUT2D eigenvalue weighted by atomic mass is 19.4. The molecule has 1 amide bonds. The van der Waals surface area contributed by atoms with Gasteiger partial charge in [-0.3, -0.25) is 4.79 Å². The largest absolute Gasteiger partial charge is 0.433 e. The molecule has 5 nitrogen and oxygen atoms in total. The van der Waals surface area contributed by atoms with Crippen LogP contribution in [0.1, 0.15) is 52.9 Å². The van der Waals surface area contributed by atoms with E-state index in [4.69, 9.17) is 5.26 Å². The first-order valence-electron chi connectivity index (χ1n) is 10.8. The fourth-order valence-electron chi connectivity index (χ4n) is 4.24. The third-order valence-corrected chi connectivity index (χ3v) is 5.90. The van der Waals surface area contributed by atoms with E-state index < -0.39 is 11.9 Å². The minimum atomic E-state index is -4.54. The maximum Gasteiger partial charge on any atom is 0.433 e. The monoisotopic (exact) mass is 452 g/mol. The topological polar surface area (TPSA) is 77.8 Å². The second-order valence-electron chi connectivity index (χ2n) is 8.44. The minimum Gasteiger partial charge on any atom is -0.382 e. The lowest BCUT2D eigenvalue weighted by Crippen LogP contribution is -2.41. The highest BCUT2D eigenvalue weighted by Crippen LogP contribution is 2.34. The van der Waals surface area contributed by atoms with Crippen LogP contribution in [0, 0.1) is 18.3 Å². The van der Waals surface area contributed by atoms with E-state index in [0.29, 0.717) is 34.1 Å². The van der Waals surface area contributed by atoms with Gasteiger partial charge in [-0.15, -0.1) is 0 Å². The Morgan fingerprint density at radius 2 is 1.82 bits per heavy atom. The van der Waals surface area contributed by atoms with Crippen LogP contribution in [0.15, 0.2) is 48.5 Å². The van der Waals surface area contributed by atoms with Gasteiger partial charge in [0, 0.05) is 28.7 Å². The molecule has 8 heteroatoms. The third kappa shape index (κ3) is 5.25. The molecule has 33 heavy (non-hydrogen) atoms. The Morgan fingerprint density at radius 3 is 2.52 bits per heavy atom. The zero-order chi connectivity index (χ0) is 23.6. The summed E-state index contributed by atoms with van der Waals surface area (Å²) in [6.07, 6.45) is -1.52. The second kappa shape index (κ2) is 9.10. The number of hydrogen-bond acceptors (Lipinski definition) is 4. The van der Waals surface area contributed by atoms with Crippen molar-refractivity contribution >= 4 is 22.5 Å². The number of nitrogens with one attached hydrogen (secondary N) is 2. The van der Waals surface area contributed by atoms with Crippen LogP contribution in [0.2, 0.25) is 0 Å². The van der Waals surface area contributed by atoms with Crippen LogP contribution in [0.3, 0.4) is 0 Å². The van der Waals surface area contributed by atoms with Crippen molar-refractivity contribution < 1.29 is 18.0 Å². The number of benzene rings is 2. The van der Waals surface area contributed by atoms with Crippen molar-refractivity contribution in [1.82, 2.24) is 10.3 Å². The SMILES string of the molecule is Cc1ccc2nc(C(F)(F)F)cc(N[C@H]3CCC[C@@H](NC(=O)c4ccc(C#N)cc4)C3)c2c1. The average Bonchev–Trinajstić information content (AvgIpc) is 2.79. The van der Waals surface area contributed by atoms with Crippen LogP contribution in [0.5, 0.6) is 0 Å². The number of hydrogen-bond donors (Lipinski definition) is 2. The lowest BCUT2D eigenvalue weighted by atomic mass is 9.90. The van der Waals surface area contributed by atoms with E-state index in [9.17, 15) is 18.0 Å². The average molecular weight is 452 g/mol. The number of nitriles is 1. The van der Waals surface area contributed by atoms with Gasteiger partial charge in [0.2, 0.25) is 0 Å². The Kier molecular flexibility index (Phi) is 6.23. The first-order valence-corrected chi connectivity index (χ1v) is 10.8. The number of rotatable bonds is 4. The van der Waals surface area contributed by atoms with Crippen LogP contribution >= 0.6 is 0 Å². The third-order valence-electron chi connectivity index (χ3n) is 5.90. The van der Waals surface area contributed by atoms with Gasteiger partial charge in [0.1, 0.15) is 5.69 Å². The molecular formula is C25H23F3N4O. The Balaban J connectivity index is 1.51. The number of aromatic nitrogens is 1. The zero-order valence-corrected chi connectivity index (χ0v) is 18.0. The van der Waals surface area contributed by atoms with Gasteiger partial charge in [0.05, 0.1) is 17.1 Å². The van der Waals surface area contributed by atoms with Crippen LogP contribution in [-0.2, 0) is 6.18 Å². The normalized spacial score (nSPS) is 18.5. The molecule has 1 saturated carbocycles. The lowest BCUT2D eigenvalue weighted by molar-refractivity contribution is -0.140. The number of amides is 1. The van der Waals surface area contributed by atoms with Gasteiger partial charge in [0.25, 0.3) is 5.91 Å². The van der Waals surface area contributed by atoms with Crippen molar-refractivity contribution in [3.63, 3.8) is 0 Å². The summed E-state index contributed by atoms with van der Waals surface area (Å²) in [6.45, 7) is 1.89. The zero-order valence-electron chi connectivity index (χ0n) is 18.0. The molecule has 3 aromatic rings. The summed E-state index contributed by atoms with van der Waals surface area (Å²) in [6, 6.07) is 14.5. The standard InChI is InChI=1S/C25H23F3N4O/c1-15-5-10-21-20(11-15)22(13-23(32-21)25(26,27)28)30-18-3-2-4-19(12-18)31-24(33)17-8-6-16(14-29)7-9-17/h5-11,13,18-19H,2-4,12H2,1H3,(H,30,32)(H,31,33)/t18-,19+/m0/s1. The van der Waals surface area contributed by atoms with E-state index >= 15 is 0 Å². The van der Waals surface area contributed by atoms with E-state index in [1.807, 2.05) is 19.1 Å². The van der Waals surface area contributed by atoms with Crippen molar-refractivity contribution in [2.24, 2.45) is 0 Å². The number of aryl methyl sites for hydroxylation is 1. The Morgan fingerprint density at radius 1 is 1.09 bits per heavy atom. The molecule has 1 aliphatic rings. The molecule has 0 radical (unpaired) electrons. The van der Waals surface area contributed by atoms with Crippen LogP contribution in [0.4, 0.5) is 18.9 Å². The van der Waals surface area contributed by atoms with Gasteiger partial charge in [-0.05, 0) is 75.1 Å². The van der Waals surface area contributed by atoms with Crippen molar-refractivity contribution in [3.05, 3.63) is 70.9 Å². The van der Waals surface area contributed by atoms with Crippen molar-refractivity contribution in [2.45, 2.75) is 50.9 Å². The number of nitrogens with zero attached hydrogens (tertiary/aromatic N) is 2. The van der Waals surface area contributed by atoms with E-state index in [1.165, 1.54) is 0 Å². The Bertz CT molecular complexity index is 1220. The van der Waals surface area contributed by atoms with Gasteiger partial charge in [-0.25, -0.2) is 4.98 Å². The fraction of sp³-hybridized carbons (Fsp3) is 0.320. The second-order valence-corrected chi connectivity index (χ2v) is 8.44. The van der Waals surface area contributed by atoms with Gasteiger partial charge >= 0.3 is 6.18 Å². The van der Waals surface area contributed by atoms with Crippen molar-refractivity contribution in [3.8, 4) is 6.07 Å². The maximum atomic E-state index is 13.4. The molecule has 1 heterocycles. The quantitative estimate of drug-likeness (QED) is 0.541. The van der Waals surface area contributed by atoms with Crippen LogP contribution in [-0.4, -0.2) is 23.0 Å². The molecule has 2 atom stereocenters. The molecule has 0 saturated heterocycles. The molecule has 0 aliphatic heterocycles. The molecule has 2 N–H and O–H groups in total. The highest BCUT2D eigenvalue weighted by Gasteiger charge is 2.34. The number of carbonyl (C=O) groups is 1. The van der Waals surface area contributed by atoms with Crippen molar-refractivity contribution in [2.75, 3.05) is 5.32 Å². The summed E-state index contributed by atoms with van der Waals surface area (Å²) in [5.74, 6) is -0.227. The predicted octanol–water partition coefficient (Wildman–Crippen LogP) is 5.59. The number of carbonyl (C=O) groups excluding carboxylic acids is 1. The number of alkyl halides is 3. The molecule has 2 aromatic carbocycles. The number of anilines is 1. The van der Waals surface area contributed by atoms with Gasteiger partial charge in [-0.1, -0.05) is 11.6 Å². The van der Waals surface area contributed by atoms with Gasteiger partial charge < -0.3 is 10.6 Å². The molecule has 1 aromatic heterocycles. The van der Waals surface area contributed by atoms with E-state index in [-0.39, 0.29) is 18.0 Å². The summed E-state index contributed by atoms with van der Waals surface area (Å²) in [4.78, 5) is 16.4. The molecule has 1 fully saturated rings. The summed E-state index contributed by atoms with van der Waals surface area (Å²) in [7, 11) is 0. The van der Waals surface area contributed by atoms with Crippen molar-refractivity contribution in [1.29, 1.82) is 5.26 Å². The molecule has 4 rings (SSSR count). The number of fused-ring (bicyclic) bond motifs is 1. The van der Waals surface area contributed by atoms with Gasteiger partial charge in [-0.2, -0.15) is 18.4 Å². The lowest BCUT2D eigenvalue weighted by Gasteiger charge is -2.31. The fourth-order valence-corrected chi connectivity index (χ4v) is 4.24.